The summed E-state index contributed by atoms with van der Waals surface area (Å²) in [5.41, 5.74) is 2.48. The third-order valence-electron chi connectivity index (χ3n) is 3.28. The van der Waals surface area contributed by atoms with E-state index in [1.54, 1.807) is 0 Å². The standard InChI is InChI=1S/C13H20N2O3S/c1-18-8-9-19(16,17)15-10-13-12-5-3-2-4-11(12)6-7-14-13/h2-5,13-15H,6-10H2,1H3. The van der Waals surface area contributed by atoms with Gasteiger partial charge >= 0.3 is 0 Å². The van der Waals surface area contributed by atoms with Crippen LogP contribution in [0, 0.1) is 0 Å². The molecule has 2 N–H and O–H groups in total. The van der Waals surface area contributed by atoms with Crippen molar-refractivity contribution in [3.05, 3.63) is 35.4 Å². The highest BCUT2D eigenvalue weighted by Crippen LogP contribution is 2.21. The van der Waals surface area contributed by atoms with Crippen molar-refractivity contribution in [1.29, 1.82) is 0 Å². The topological polar surface area (TPSA) is 67.4 Å². The fourth-order valence-electron chi connectivity index (χ4n) is 2.25. The fraction of sp³-hybridized carbons (Fsp3) is 0.538. The number of hydrogen-bond acceptors (Lipinski definition) is 4. The first-order chi connectivity index (χ1) is 9.12. The Morgan fingerprint density at radius 2 is 2.21 bits per heavy atom. The molecule has 6 heteroatoms. The summed E-state index contributed by atoms with van der Waals surface area (Å²) in [6, 6.07) is 8.20. The molecule has 1 aliphatic heterocycles. The average molecular weight is 284 g/mol. The molecule has 0 fully saturated rings. The molecule has 0 aromatic heterocycles. The number of methoxy groups -OCH3 is 1. The van der Waals surface area contributed by atoms with Gasteiger partial charge in [-0.1, -0.05) is 24.3 Å². The van der Waals surface area contributed by atoms with Crippen LogP contribution in [0.2, 0.25) is 0 Å². The first-order valence-corrected chi connectivity index (χ1v) is 8.05. The van der Waals surface area contributed by atoms with Crippen LogP contribution in [0.1, 0.15) is 17.2 Å². The fourth-order valence-corrected chi connectivity index (χ4v) is 3.20. The molecule has 0 spiro atoms. The van der Waals surface area contributed by atoms with E-state index in [2.05, 4.69) is 22.2 Å². The average Bonchev–Trinajstić information content (AvgIpc) is 2.43. The Labute approximate surface area is 114 Å². The number of rotatable bonds is 6. The summed E-state index contributed by atoms with van der Waals surface area (Å²) in [5, 5.41) is 3.35. The molecule has 1 aromatic carbocycles. The van der Waals surface area contributed by atoms with Crippen molar-refractivity contribution in [2.45, 2.75) is 12.5 Å². The molecule has 0 saturated heterocycles. The lowest BCUT2D eigenvalue weighted by Crippen LogP contribution is -2.39. The van der Waals surface area contributed by atoms with Gasteiger partial charge in [0.1, 0.15) is 0 Å². The number of nitrogens with one attached hydrogen (secondary N) is 2. The van der Waals surface area contributed by atoms with E-state index >= 15 is 0 Å². The van der Waals surface area contributed by atoms with Crippen molar-refractivity contribution in [2.24, 2.45) is 0 Å². The van der Waals surface area contributed by atoms with E-state index in [1.807, 2.05) is 12.1 Å². The lowest BCUT2D eigenvalue weighted by atomic mass is 9.95. The van der Waals surface area contributed by atoms with E-state index in [9.17, 15) is 8.42 Å². The molecule has 0 aliphatic carbocycles. The molecule has 2 rings (SSSR count). The Morgan fingerprint density at radius 3 is 3.00 bits per heavy atom. The van der Waals surface area contributed by atoms with Gasteiger partial charge in [-0.2, -0.15) is 0 Å². The van der Waals surface area contributed by atoms with Crippen molar-refractivity contribution in [3.8, 4) is 0 Å². The number of hydrogen-bond donors (Lipinski definition) is 2. The molecule has 0 bridgehead atoms. The monoisotopic (exact) mass is 284 g/mol. The Morgan fingerprint density at radius 1 is 1.42 bits per heavy atom. The molecule has 5 nitrogen and oxygen atoms in total. The van der Waals surface area contributed by atoms with Gasteiger partial charge in [-0.3, -0.25) is 0 Å². The van der Waals surface area contributed by atoms with Crippen LogP contribution in [0.5, 0.6) is 0 Å². The van der Waals surface area contributed by atoms with Gasteiger partial charge in [0.05, 0.1) is 12.4 Å². The predicted molar refractivity (Wildman–Crippen MR) is 74.6 cm³/mol. The highest BCUT2D eigenvalue weighted by molar-refractivity contribution is 7.89. The summed E-state index contributed by atoms with van der Waals surface area (Å²) >= 11 is 0. The van der Waals surface area contributed by atoms with Crippen molar-refractivity contribution < 1.29 is 13.2 Å². The summed E-state index contributed by atoms with van der Waals surface area (Å²) in [5.74, 6) is -0.00212. The molecule has 19 heavy (non-hydrogen) atoms. The molecule has 0 saturated carbocycles. The van der Waals surface area contributed by atoms with E-state index in [-0.39, 0.29) is 18.4 Å². The van der Waals surface area contributed by atoms with Gasteiger partial charge in [0.2, 0.25) is 10.0 Å². The quantitative estimate of drug-likeness (QED) is 0.795. The predicted octanol–water partition coefficient (Wildman–Crippen LogP) is 0.439. The molecule has 1 heterocycles. The Balaban J connectivity index is 1.98. The number of fused-ring (bicyclic) bond motifs is 1. The summed E-state index contributed by atoms with van der Waals surface area (Å²) in [6.45, 7) is 1.47. The van der Waals surface area contributed by atoms with Crippen molar-refractivity contribution >= 4 is 10.0 Å². The smallest absolute Gasteiger partial charge is 0.213 e. The van der Waals surface area contributed by atoms with Crippen molar-refractivity contribution in [1.82, 2.24) is 10.0 Å². The highest BCUT2D eigenvalue weighted by atomic mass is 32.2. The van der Waals surface area contributed by atoms with Crippen LogP contribution in [0.4, 0.5) is 0 Å². The highest BCUT2D eigenvalue weighted by Gasteiger charge is 2.20. The van der Waals surface area contributed by atoms with Gasteiger partial charge in [0, 0.05) is 19.7 Å². The van der Waals surface area contributed by atoms with Crippen LogP contribution in [0.3, 0.4) is 0 Å². The molecule has 1 unspecified atom stereocenters. The minimum Gasteiger partial charge on any atom is -0.384 e. The minimum atomic E-state index is -3.26. The molecule has 0 amide bonds. The van der Waals surface area contributed by atoms with Crippen molar-refractivity contribution in [2.75, 3.05) is 32.6 Å². The second-order valence-corrected chi connectivity index (χ2v) is 6.54. The summed E-state index contributed by atoms with van der Waals surface area (Å²) in [6.07, 6.45) is 0.989. The summed E-state index contributed by atoms with van der Waals surface area (Å²) in [7, 11) is -1.77. The zero-order valence-corrected chi connectivity index (χ0v) is 11.9. The van der Waals surface area contributed by atoms with Crippen LogP contribution in [0.25, 0.3) is 0 Å². The van der Waals surface area contributed by atoms with E-state index < -0.39 is 10.0 Å². The first-order valence-electron chi connectivity index (χ1n) is 6.40. The zero-order valence-electron chi connectivity index (χ0n) is 11.1. The SMILES string of the molecule is COCCS(=O)(=O)NCC1NCCc2ccccc21. The van der Waals surface area contributed by atoms with Crippen LogP contribution < -0.4 is 10.0 Å². The normalized spacial score (nSPS) is 19.1. The molecular weight excluding hydrogens is 264 g/mol. The summed E-state index contributed by atoms with van der Waals surface area (Å²) < 4.78 is 30.9. The van der Waals surface area contributed by atoms with E-state index in [0.717, 1.165) is 13.0 Å². The third kappa shape index (κ3) is 4.01. The largest absolute Gasteiger partial charge is 0.384 e. The number of ether oxygens (including phenoxy) is 1. The maximum Gasteiger partial charge on any atom is 0.213 e. The lowest BCUT2D eigenvalue weighted by Gasteiger charge is -2.27. The van der Waals surface area contributed by atoms with E-state index in [0.29, 0.717) is 6.54 Å². The Hall–Kier alpha value is -0.950. The molecule has 1 aromatic rings. The lowest BCUT2D eigenvalue weighted by molar-refractivity contribution is 0.217. The number of sulfonamides is 1. The first kappa shape index (κ1) is 14.5. The van der Waals surface area contributed by atoms with Crippen LogP contribution in [0.15, 0.2) is 24.3 Å². The molecule has 1 aliphatic rings. The molecule has 1 atom stereocenters. The minimum absolute atomic E-state index is 0.00212. The van der Waals surface area contributed by atoms with Crippen LogP contribution in [-0.2, 0) is 21.2 Å². The number of benzene rings is 1. The van der Waals surface area contributed by atoms with Gasteiger partial charge in [-0.25, -0.2) is 13.1 Å². The second kappa shape index (κ2) is 6.47. The van der Waals surface area contributed by atoms with Crippen molar-refractivity contribution in [3.63, 3.8) is 0 Å². The second-order valence-electron chi connectivity index (χ2n) is 4.62. The van der Waals surface area contributed by atoms with Crippen LogP contribution in [-0.4, -0.2) is 41.0 Å². The van der Waals surface area contributed by atoms with Gasteiger partial charge < -0.3 is 10.1 Å². The Bertz CT molecular complexity index is 516. The third-order valence-corrected chi connectivity index (χ3v) is 4.59. The molecule has 106 valence electrons. The van der Waals surface area contributed by atoms with Gasteiger partial charge in [-0.15, -0.1) is 0 Å². The van der Waals surface area contributed by atoms with Gasteiger partial charge in [0.15, 0.2) is 0 Å². The maximum atomic E-state index is 11.7. The van der Waals surface area contributed by atoms with E-state index in [4.69, 9.17) is 4.74 Å². The van der Waals surface area contributed by atoms with Crippen LogP contribution >= 0.6 is 0 Å². The zero-order chi connectivity index (χ0) is 13.7. The molecular formula is C13H20N2O3S. The van der Waals surface area contributed by atoms with E-state index in [1.165, 1.54) is 18.2 Å². The maximum absolute atomic E-state index is 11.7. The summed E-state index contributed by atoms with van der Waals surface area (Å²) in [4.78, 5) is 0. The Kier molecular flexibility index (Phi) is 4.93. The van der Waals surface area contributed by atoms with Gasteiger partial charge in [0.25, 0.3) is 0 Å². The molecule has 0 radical (unpaired) electrons. The van der Waals surface area contributed by atoms with Gasteiger partial charge in [-0.05, 0) is 24.1 Å².